The summed E-state index contributed by atoms with van der Waals surface area (Å²) in [6.45, 7) is 2.66. The van der Waals surface area contributed by atoms with Crippen LogP contribution in [0.5, 0.6) is 11.5 Å². The van der Waals surface area contributed by atoms with Gasteiger partial charge in [-0.2, -0.15) is 0 Å². The number of fused-ring (bicyclic) bond motifs is 1. The van der Waals surface area contributed by atoms with E-state index in [1.807, 2.05) is 0 Å². The molecule has 0 spiro atoms. The first-order chi connectivity index (χ1) is 8.15. The van der Waals surface area contributed by atoms with Gasteiger partial charge in [0.05, 0.1) is 4.47 Å². The number of aldehydes is 1. The first kappa shape index (κ1) is 12.4. The van der Waals surface area contributed by atoms with Gasteiger partial charge in [-0.1, -0.05) is 6.92 Å². The minimum Gasteiger partial charge on any atom is -0.486 e. The van der Waals surface area contributed by atoms with Crippen LogP contribution in [-0.4, -0.2) is 19.5 Å². The molecule has 17 heavy (non-hydrogen) atoms. The number of carbonyl (C=O) groups is 1. The maximum absolute atomic E-state index is 14.1. The Morgan fingerprint density at radius 2 is 2.24 bits per heavy atom. The maximum Gasteiger partial charge on any atom is 0.178 e. The highest BCUT2D eigenvalue weighted by molar-refractivity contribution is 9.10. The van der Waals surface area contributed by atoms with E-state index >= 15 is 0 Å². The summed E-state index contributed by atoms with van der Waals surface area (Å²) in [6, 6.07) is 1.61. The average Bonchev–Trinajstić information content (AvgIpc) is 2.34. The van der Waals surface area contributed by atoms with Crippen LogP contribution in [0.3, 0.4) is 0 Å². The van der Waals surface area contributed by atoms with Crippen LogP contribution in [-0.2, 0) is 4.79 Å². The molecule has 1 atom stereocenters. The predicted molar refractivity (Wildman–Crippen MR) is 64.2 cm³/mol. The fourth-order valence-corrected chi connectivity index (χ4v) is 2.31. The number of halogens is 2. The van der Waals surface area contributed by atoms with E-state index in [0.29, 0.717) is 30.3 Å². The summed E-state index contributed by atoms with van der Waals surface area (Å²) < 4.78 is 25.1. The molecule has 92 valence electrons. The zero-order valence-corrected chi connectivity index (χ0v) is 10.9. The highest BCUT2D eigenvalue weighted by atomic mass is 79.9. The lowest BCUT2D eigenvalue weighted by atomic mass is 9.97. The second-order valence-electron chi connectivity index (χ2n) is 3.92. The Balaban J connectivity index is 2.47. The normalized spacial score (nSPS) is 15.5. The van der Waals surface area contributed by atoms with E-state index < -0.39 is 0 Å². The van der Waals surface area contributed by atoms with Crippen molar-refractivity contribution in [2.24, 2.45) is 0 Å². The molecule has 0 fully saturated rings. The molecule has 2 rings (SSSR count). The third-order valence-corrected chi connectivity index (χ3v) is 3.43. The Kier molecular flexibility index (Phi) is 3.66. The second-order valence-corrected chi connectivity index (χ2v) is 4.71. The molecule has 0 N–H and O–H groups in total. The average molecular weight is 303 g/mol. The first-order valence-corrected chi connectivity index (χ1v) is 6.15. The Morgan fingerprint density at radius 1 is 1.53 bits per heavy atom. The third-order valence-electron chi connectivity index (χ3n) is 2.72. The van der Waals surface area contributed by atoms with Crippen LogP contribution in [0, 0.1) is 5.82 Å². The van der Waals surface area contributed by atoms with Crippen LogP contribution >= 0.6 is 15.9 Å². The third kappa shape index (κ3) is 2.29. The van der Waals surface area contributed by atoms with Gasteiger partial charge in [0.2, 0.25) is 0 Å². The number of carbonyl (C=O) groups excluding carboxylic acids is 1. The minimum absolute atomic E-state index is 0.181. The maximum atomic E-state index is 14.1. The van der Waals surface area contributed by atoms with Crippen LogP contribution < -0.4 is 9.47 Å². The summed E-state index contributed by atoms with van der Waals surface area (Å²) in [5.74, 6) is 0.358. The van der Waals surface area contributed by atoms with Gasteiger partial charge in [-0.05, 0) is 33.5 Å². The molecular weight excluding hydrogens is 291 g/mol. The summed E-state index contributed by atoms with van der Waals surface area (Å²) in [5, 5.41) is 0. The molecule has 0 aromatic heterocycles. The zero-order chi connectivity index (χ0) is 12.4. The second kappa shape index (κ2) is 5.04. The van der Waals surface area contributed by atoms with E-state index in [2.05, 4.69) is 15.9 Å². The fraction of sp³-hybridized carbons (Fsp3) is 0.417. The molecule has 1 aromatic rings. The van der Waals surface area contributed by atoms with Crippen molar-refractivity contribution in [1.29, 1.82) is 0 Å². The first-order valence-electron chi connectivity index (χ1n) is 5.36. The summed E-state index contributed by atoms with van der Waals surface area (Å²) in [7, 11) is 0. The molecule has 0 saturated carbocycles. The van der Waals surface area contributed by atoms with Crippen molar-refractivity contribution in [2.45, 2.75) is 19.3 Å². The largest absolute Gasteiger partial charge is 0.486 e. The van der Waals surface area contributed by atoms with Crippen molar-refractivity contribution >= 4 is 22.2 Å². The standard InChI is InChI=1S/C12H12BrFO3/c1-7(2-3-15)8-6-9-12(10(13)11(8)14)17-5-4-16-9/h3,6-7H,2,4-5H2,1H3. The van der Waals surface area contributed by atoms with E-state index in [-0.39, 0.29) is 22.6 Å². The van der Waals surface area contributed by atoms with Crippen molar-refractivity contribution in [3.8, 4) is 11.5 Å². The van der Waals surface area contributed by atoms with Gasteiger partial charge in [-0.3, -0.25) is 0 Å². The van der Waals surface area contributed by atoms with E-state index in [0.717, 1.165) is 6.29 Å². The van der Waals surface area contributed by atoms with Gasteiger partial charge in [-0.15, -0.1) is 0 Å². The summed E-state index contributed by atoms with van der Waals surface area (Å²) >= 11 is 3.17. The lowest BCUT2D eigenvalue weighted by Gasteiger charge is -2.22. The number of benzene rings is 1. The molecule has 0 saturated heterocycles. The highest BCUT2D eigenvalue weighted by Crippen LogP contribution is 2.42. The van der Waals surface area contributed by atoms with Crippen LogP contribution in [0.4, 0.5) is 4.39 Å². The van der Waals surface area contributed by atoms with E-state index in [9.17, 15) is 9.18 Å². The topological polar surface area (TPSA) is 35.5 Å². The zero-order valence-electron chi connectivity index (χ0n) is 9.33. The monoisotopic (exact) mass is 302 g/mol. The summed E-state index contributed by atoms with van der Waals surface area (Å²) in [4.78, 5) is 10.5. The lowest BCUT2D eigenvalue weighted by Crippen LogP contribution is -2.17. The molecule has 0 amide bonds. The molecule has 1 aromatic carbocycles. The Bertz CT molecular complexity index is 448. The summed E-state index contributed by atoms with van der Waals surface area (Å²) in [5.41, 5.74) is 0.466. The number of rotatable bonds is 3. The van der Waals surface area contributed by atoms with Crippen LogP contribution in [0.25, 0.3) is 0 Å². The Morgan fingerprint density at radius 3 is 2.94 bits per heavy atom. The van der Waals surface area contributed by atoms with Crippen LogP contribution in [0.15, 0.2) is 10.5 Å². The van der Waals surface area contributed by atoms with E-state index in [4.69, 9.17) is 9.47 Å². The minimum atomic E-state index is -0.386. The molecule has 0 radical (unpaired) electrons. The Hall–Kier alpha value is -1.10. The number of ether oxygens (including phenoxy) is 2. The van der Waals surface area contributed by atoms with Gasteiger partial charge in [0.1, 0.15) is 25.3 Å². The molecule has 0 bridgehead atoms. The molecule has 3 nitrogen and oxygen atoms in total. The smallest absolute Gasteiger partial charge is 0.178 e. The van der Waals surface area contributed by atoms with Gasteiger partial charge in [0, 0.05) is 6.42 Å². The number of hydrogen-bond acceptors (Lipinski definition) is 3. The molecule has 0 aliphatic carbocycles. The Labute approximate surface area is 107 Å². The van der Waals surface area contributed by atoms with Crippen molar-refractivity contribution in [3.05, 3.63) is 21.9 Å². The molecule has 5 heteroatoms. The van der Waals surface area contributed by atoms with Gasteiger partial charge in [0.25, 0.3) is 0 Å². The molecule has 1 aliphatic heterocycles. The van der Waals surface area contributed by atoms with Crippen molar-refractivity contribution in [2.75, 3.05) is 13.2 Å². The quantitative estimate of drug-likeness (QED) is 0.805. The van der Waals surface area contributed by atoms with Gasteiger partial charge in [-0.25, -0.2) is 4.39 Å². The molecular formula is C12H12BrFO3. The van der Waals surface area contributed by atoms with Crippen LogP contribution in [0.1, 0.15) is 24.8 Å². The number of hydrogen-bond donors (Lipinski definition) is 0. The molecule has 1 heterocycles. The summed E-state index contributed by atoms with van der Waals surface area (Å²) in [6.07, 6.45) is 1.07. The van der Waals surface area contributed by atoms with Gasteiger partial charge >= 0.3 is 0 Å². The highest BCUT2D eigenvalue weighted by Gasteiger charge is 2.23. The van der Waals surface area contributed by atoms with Crippen LogP contribution in [0.2, 0.25) is 0 Å². The fourth-order valence-electron chi connectivity index (χ4n) is 1.77. The van der Waals surface area contributed by atoms with Gasteiger partial charge < -0.3 is 14.3 Å². The SMILES string of the molecule is CC(CC=O)c1cc2c(c(Br)c1F)OCCO2. The predicted octanol–water partition coefficient (Wildman–Crippen LogP) is 3.05. The van der Waals surface area contributed by atoms with Gasteiger partial charge in [0.15, 0.2) is 11.5 Å². The van der Waals surface area contributed by atoms with E-state index in [1.54, 1.807) is 13.0 Å². The lowest BCUT2D eigenvalue weighted by molar-refractivity contribution is -0.108. The van der Waals surface area contributed by atoms with Crippen molar-refractivity contribution in [3.63, 3.8) is 0 Å². The van der Waals surface area contributed by atoms with Crippen molar-refractivity contribution < 1.29 is 18.7 Å². The van der Waals surface area contributed by atoms with Crippen molar-refractivity contribution in [1.82, 2.24) is 0 Å². The molecule has 1 unspecified atom stereocenters. The molecule has 1 aliphatic rings. The van der Waals surface area contributed by atoms with E-state index in [1.165, 1.54) is 0 Å².